The van der Waals surface area contributed by atoms with Gasteiger partial charge < -0.3 is 15.7 Å². The summed E-state index contributed by atoms with van der Waals surface area (Å²) >= 11 is 0. The summed E-state index contributed by atoms with van der Waals surface area (Å²) in [4.78, 5) is 4.08. The number of nitrogens with zero attached hydrogens (tertiary/aromatic N) is 2. The molecule has 5 heteroatoms. The van der Waals surface area contributed by atoms with Crippen molar-refractivity contribution in [3.05, 3.63) is 29.6 Å². The van der Waals surface area contributed by atoms with Crippen molar-refractivity contribution >= 4 is 5.84 Å². The average molecular weight is 251 g/mol. The highest BCUT2D eigenvalue weighted by atomic mass is 16.5. The molecule has 3 N–H and O–H groups in total. The molecule has 0 amide bonds. The Hall–Kier alpha value is -1.62. The van der Waals surface area contributed by atoms with Crippen molar-refractivity contribution in [2.24, 2.45) is 16.8 Å². The number of aromatic nitrogens is 1. The molecule has 1 aromatic heterocycles. The maximum Gasteiger partial charge on any atom is 0.189 e. The van der Waals surface area contributed by atoms with Gasteiger partial charge in [-0.2, -0.15) is 0 Å². The third kappa shape index (κ3) is 4.71. The molecule has 1 heterocycles. The fourth-order valence-electron chi connectivity index (χ4n) is 1.61. The lowest BCUT2D eigenvalue weighted by Crippen LogP contribution is -2.18. The number of hydrogen-bond donors (Lipinski definition) is 2. The third-order valence-corrected chi connectivity index (χ3v) is 2.57. The van der Waals surface area contributed by atoms with Gasteiger partial charge in [0.05, 0.1) is 6.61 Å². The molecule has 1 rings (SSSR count). The molecule has 0 aliphatic rings. The van der Waals surface area contributed by atoms with Gasteiger partial charge in [0.1, 0.15) is 5.69 Å². The topological polar surface area (TPSA) is 80.7 Å². The van der Waals surface area contributed by atoms with Crippen LogP contribution in [0.2, 0.25) is 0 Å². The molecule has 0 atom stereocenters. The molecular weight excluding hydrogens is 230 g/mol. The third-order valence-electron chi connectivity index (χ3n) is 2.57. The maximum absolute atomic E-state index is 8.67. The molecule has 0 saturated heterocycles. The quantitative estimate of drug-likeness (QED) is 0.256. The highest BCUT2D eigenvalue weighted by Gasteiger charge is 2.07. The summed E-state index contributed by atoms with van der Waals surface area (Å²) in [6, 6.07) is 3.67. The van der Waals surface area contributed by atoms with Crippen molar-refractivity contribution < 1.29 is 9.94 Å². The van der Waals surface area contributed by atoms with Crippen LogP contribution in [-0.4, -0.2) is 22.6 Å². The van der Waals surface area contributed by atoms with Crippen LogP contribution in [0.5, 0.6) is 0 Å². The molecule has 0 radical (unpaired) electrons. The number of rotatable bonds is 7. The van der Waals surface area contributed by atoms with Crippen LogP contribution >= 0.6 is 0 Å². The zero-order chi connectivity index (χ0) is 13.4. The molecule has 0 aliphatic heterocycles. The number of oxime groups is 1. The fraction of sp³-hybridized carbons (Fsp3) is 0.538. The molecule has 0 bridgehead atoms. The Morgan fingerprint density at radius 1 is 1.56 bits per heavy atom. The van der Waals surface area contributed by atoms with E-state index in [2.05, 4.69) is 24.0 Å². The largest absolute Gasteiger partial charge is 0.409 e. The highest BCUT2D eigenvalue weighted by molar-refractivity contribution is 5.96. The number of nitrogens with two attached hydrogens (primary N) is 1. The number of hydrogen-bond acceptors (Lipinski definition) is 4. The first-order valence-corrected chi connectivity index (χ1v) is 6.14. The predicted molar refractivity (Wildman–Crippen MR) is 70.5 cm³/mol. The second-order valence-corrected chi connectivity index (χ2v) is 4.59. The van der Waals surface area contributed by atoms with Crippen LogP contribution in [0.1, 0.15) is 37.9 Å². The monoisotopic (exact) mass is 251 g/mol. The van der Waals surface area contributed by atoms with E-state index in [0.717, 1.165) is 18.4 Å². The van der Waals surface area contributed by atoms with E-state index in [0.29, 0.717) is 24.8 Å². The molecule has 1 aromatic rings. The second kappa shape index (κ2) is 7.66. The summed E-state index contributed by atoms with van der Waals surface area (Å²) in [6.45, 7) is 5.52. The van der Waals surface area contributed by atoms with E-state index in [9.17, 15) is 0 Å². The number of ether oxygens (including phenoxy) is 1. The van der Waals surface area contributed by atoms with E-state index in [1.807, 2.05) is 6.07 Å². The molecule has 18 heavy (non-hydrogen) atoms. The van der Waals surface area contributed by atoms with Gasteiger partial charge in [0.2, 0.25) is 0 Å². The fourth-order valence-corrected chi connectivity index (χ4v) is 1.61. The Labute approximate surface area is 108 Å². The molecule has 0 fully saturated rings. The first-order valence-electron chi connectivity index (χ1n) is 6.14. The molecule has 0 saturated carbocycles. The van der Waals surface area contributed by atoms with Gasteiger partial charge in [-0.1, -0.05) is 25.1 Å². The number of pyridine rings is 1. The summed E-state index contributed by atoms with van der Waals surface area (Å²) < 4.78 is 5.57. The van der Waals surface area contributed by atoms with Crippen LogP contribution in [-0.2, 0) is 11.3 Å². The Balaban J connectivity index is 2.47. The minimum absolute atomic E-state index is 0.0105. The van der Waals surface area contributed by atoms with Crippen molar-refractivity contribution in [1.29, 1.82) is 0 Å². The van der Waals surface area contributed by atoms with Gasteiger partial charge in [-0.3, -0.25) is 4.98 Å². The first kappa shape index (κ1) is 14.4. The first-order chi connectivity index (χ1) is 8.65. The highest BCUT2D eigenvalue weighted by Crippen LogP contribution is 2.08. The minimum Gasteiger partial charge on any atom is -0.409 e. The standard InChI is InChI=1S/C13H21N3O2/c1-10(2)5-4-8-18-9-11-6-3-7-15-12(11)13(14)16-17/h3,6-7,10,17H,4-5,8-9H2,1-2H3,(H2,14,16). The lowest BCUT2D eigenvalue weighted by atomic mass is 10.1. The van der Waals surface area contributed by atoms with Crippen molar-refractivity contribution in [1.82, 2.24) is 4.98 Å². The van der Waals surface area contributed by atoms with Gasteiger partial charge in [0.15, 0.2) is 5.84 Å². The van der Waals surface area contributed by atoms with Gasteiger partial charge in [-0.05, 0) is 24.8 Å². The van der Waals surface area contributed by atoms with E-state index >= 15 is 0 Å². The summed E-state index contributed by atoms with van der Waals surface area (Å²) in [5.74, 6) is 0.705. The Morgan fingerprint density at radius 3 is 3.00 bits per heavy atom. The second-order valence-electron chi connectivity index (χ2n) is 4.59. The summed E-state index contributed by atoms with van der Waals surface area (Å²) in [5, 5.41) is 11.6. The van der Waals surface area contributed by atoms with Gasteiger partial charge in [0, 0.05) is 18.4 Å². The van der Waals surface area contributed by atoms with E-state index in [4.69, 9.17) is 15.7 Å². The lowest BCUT2D eigenvalue weighted by Gasteiger charge is -2.08. The van der Waals surface area contributed by atoms with Crippen molar-refractivity contribution in [2.45, 2.75) is 33.3 Å². The summed E-state index contributed by atoms with van der Waals surface area (Å²) in [6.07, 6.45) is 3.80. The molecule has 100 valence electrons. The van der Waals surface area contributed by atoms with Crippen molar-refractivity contribution in [3.63, 3.8) is 0 Å². The van der Waals surface area contributed by atoms with Gasteiger partial charge >= 0.3 is 0 Å². The molecule has 5 nitrogen and oxygen atoms in total. The smallest absolute Gasteiger partial charge is 0.189 e. The van der Waals surface area contributed by atoms with Crippen molar-refractivity contribution in [3.8, 4) is 0 Å². The summed E-state index contributed by atoms with van der Waals surface area (Å²) in [7, 11) is 0. The van der Waals surface area contributed by atoms with E-state index < -0.39 is 0 Å². The lowest BCUT2D eigenvalue weighted by molar-refractivity contribution is 0.114. The Kier molecular flexibility index (Phi) is 6.14. The van der Waals surface area contributed by atoms with Gasteiger partial charge in [-0.15, -0.1) is 0 Å². The van der Waals surface area contributed by atoms with Crippen LogP contribution < -0.4 is 5.73 Å². The van der Waals surface area contributed by atoms with Crippen LogP contribution in [0.25, 0.3) is 0 Å². The van der Waals surface area contributed by atoms with E-state index in [-0.39, 0.29) is 5.84 Å². The van der Waals surface area contributed by atoms with Crippen molar-refractivity contribution in [2.75, 3.05) is 6.61 Å². The number of amidine groups is 1. The Bertz CT molecular complexity index is 392. The average Bonchev–Trinajstić information content (AvgIpc) is 2.37. The van der Waals surface area contributed by atoms with Gasteiger partial charge in [-0.25, -0.2) is 0 Å². The normalized spacial score (nSPS) is 12.1. The molecule has 0 unspecified atom stereocenters. The minimum atomic E-state index is 0.0105. The van der Waals surface area contributed by atoms with Crippen LogP contribution in [0.3, 0.4) is 0 Å². The molecule has 0 aliphatic carbocycles. The Morgan fingerprint density at radius 2 is 2.33 bits per heavy atom. The SMILES string of the molecule is CC(C)CCCOCc1cccnc1C(N)=NO. The molecule has 0 spiro atoms. The maximum atomic E-state index is 8.67. The predicted octanol–water partition coefficient (Wildman–Crippen LogP) is 2.13. The van der Waals surface area contributed by atoms with Crippen LogP contribution in [0.4, 0.5) is 0 Å². The summed E-state index contributed by atoms with van der Waals surface area (Å²) in [5.41, 5.74) is 6.85. The molecule has 0 aromatic carbocycles. The van der Waals surface area contributed by atoms with Gasteiger partial charge in [0.25, 0.3) is 0 Å². The molecular formula is C13H21N3O2. The van der Waals surface area contributed by atoms with E-state index in [1.54, 1.807) is 12.3 Å². The van der Waals surface area contributed by atoms with Crippen LogP contribution in [0, 0.1) is 5.92 Å². The van der Waals surface area contributed by atoms with Crippen LogP contribution in [0.15, 0.2) is 23.5 Å². The zero-order valence-corrected chi connectivity index (χ0v) is 11.0. The van der Waals surface area contributed by atoms with E-state index in [1.165, 1.54) is 0 Å². The zero-order valence-electron chi connectivity index (χ0n) is 11.0.